The zero-order valence-electron chi connectivity index (χ0n) is 16.0. The molecule has 0 radical (unpaired) electrons. The normalized spacial score (nSPS) is 12.8. The minimum absolute atomic E-state index is 0.0986. The summed E-state index contributed by atoms with van der Waals surface area (Å²) in [5.41, 5.74) is 4.19. The van der Waals surface area contributed by atoms with Crippen LogP contribution in [0.4, 0.5) is 11.4 Å². The average Bonchev–Trinajstić information content (AvgIpc) is 3.57. The number of anilines is 2. The number of para-hydroxylation sites is 1. The molecule has 1 aliphatic rings. The van der Waals surface area contributed by atoms with Crippen molar-refractivity contribution in [2.24, 2.45) is 0 Å². The molecule has 0 aliphatic heterocycles. The van der Waals surface area contributed by atoms with Gasteiger partial charge in [-0.2, -0.15) is 0 Å². The van der Waals surface area contributed by atoms with Crippen molar-refractivity contribution in [3.05, 3.63) is 84.4 Å². The Morgan fingerprint density at radius 2 is 1.62 bits per heavy atom. The van der Waals surface area contributed by atoms with Gasteiger partial charge in [-0.1, -0.05) is 54.6 Å². The van der Waals surface area contributed by atoms with E-state index in [2.05, 4.69) is 16.0 Å². The molecule has 0 unspecified atom stereocenters. The number of amides is 2. The highest BCUT2D eigenvalue weighted by Gasteiger charge is 2.23. The predicted octanol–water partition coefficient (Wildman–Crippen LogP) is 4.30. The van der Waals surface area contributed by atoms with Gasteiger partial charge in [0.25, 0.3) is 5.91 Å². The van der Waals surface area contributed by atoms with E-state index in [9.17, 15) is 9.59 Å². The standard InChI is InChI=1S/C24H23N3O2/c28-23(26-20-10-6-9-18(15-20)24(29)27-19-13-14-19)16-25-22-12-5-4-11-21(22)17-7-2-1-3-8-17/h1-12,15,19,25H,13-14,16H2,(H,26,28)(H,27,29). The highest BCUT2D eigenvalue weighted by Crippen LogP contribution is 2.27. The van der Waals surface area contributed by atoms with Gasteiger partial charge < -0.3 is 16.0 Å². The highest BCUT2D eigenvalue weighted by molar-refractivity contribution is 5.98. The van der Waals surface area contributed by atoms with Gasteiger partial charge in [0.15, 0.2) is 0 Å². The maximum Gasteiger partial charge on any atom is 0.251 e. The molecule has 5 heteroatoms. The van der Waals surface area contributed by atoms with Crippen LogP contribution in [0.5, 0.6) is 0 Å². The lowest BCUT2D eigenvalue weighted by Crippen LogP contribution is -2.26. The summed E-state index contributed by atoms with van der Waals surface area (Å²) in [6, 6.07) is 25.2. The summed E-state index contributed by atoms with van der Waals surface area (Å²) in [5.74, 6) is -0.272. The van der Waals surface area contributed by atoms with Crippen LogP contribution in [0.25, 0.3) is 11.1 Å². The van der Waals surface area contributed by atoms with Gasteiger partial charge in [0, 0.05) is 28.5 Å². The smallest absolute Gasteiger partial charge is 0.251 e. The van der Waals surface area contributed by atoms with E-state index >= 15 is 0 Å². The Morgan fingerprint density at radius 1 is 0.862 bits per heavy atom. The lowest BCUT2D eigenvalue weighted by molar-refractivity contribution is -0.114. The molecule has 0 bridgehead atoms. The van der Waals surface area contributed by atoms with Crippen LogP contribution in [0, 0.1) is 0 Å². The fraction of sp³-hybridized carbons (Fsp3) is 0.167. The monoisotopic (exact) mass is 385 g/mol. The number of hydrogen-bond donors (Lipinski definition) is 3. The van der Waals surface area contributed by atoms with Crippen LogP contribution >= 0.6 is 0 Å². The Morgan fingerprint density at radius 3 is 2.41 bits per heavy atom. The molecule has 3 aromatic carbocycles. The molecule has 2 amide bonds. The predicted molar refractivity (Wildman–Crippen MR) is 116 cm³/mol. The lowest BCUT2D eigenvalue weighted by Gasteiger charge is -2.13. The van der Waals surface area contributed by atoms with Gasteiger partial charge in [-0.05, 0) is 42.7 Å². The summed E-state index contributed by atoms with van der Waals surface area (Å²) in [6.07, 6.45) is 2.08. The summed E-state index contributed by atoms with van der Waals surface area (Å²) in [4.78, 5) is 24.6. The van der Waals surface area contributed by atoms with Gasteiger partial charge in [0.2, 0.25) is 5.91 Å². The van der Waals surface area contributed by atoms with Crippen LogP contribution in [0.2, 0.25) is 0 Å². The molecule has 1 aliphatic carbocycles. The van der Waals surface area contributed by atoms with E-state index in [1.807, 2.05) is 54.6 Å². The van der Waals surface area contributed by atoms with Crippen molar-refractivity contribution in [1.82, 2.24) is 5.32 Å². The SMILES string of the molecule is O=C(CNc1ccccc1-c1ccccc1)Nc1cccc(C(=O)NC2CC2)c1. The van der Waals surface area contributed by atoms with Crippen LogP contribution < -0.4 is 16.0 Å². The van der Waals surface area contributed by atoms with E-state index in [1.165, 1.54) is 0 Å². The van der Waals surface area contributed by atoms with E-state index in [-0.39, 0.29) is 18.4 Å². The number of carbonyl (C=O) groups excluding carboxylic acids is 2. The molecule has 1 fully saturated rings. The number of rotatable bonds is 7. The Hall–Kier alpha value is -3.60. The summed E-state index contributed by atoms with van der Waals surface area (Å²) in [5, 5.41) is 9.02. The highest BCUT2D eigenvalue weighted by atomic mass is 16.2. The second-order valence-corrected chi connectivity index (χ2v) is 7.14. The van der Waals surface area contributed by atoms with Crippen LogP contribution in [0.15, 0.2) is 78.9 Å². The molecule has 0 heterocycles. The number of carbonyl (C=O) groups is 2. The first-order chi connectivity index (χ1) is 14.2. The van der Waals surface area contributed by atoms with Crippen LogP contribution in [-0.2, 0) is 4.79 Å². The summed E-state index contributed by atoms with van der Waals surface area (Å²) >= 11 is 0. The summed E-state index contributed by atoms with van der Waals surface area (Å²) in [7, 11) is 0. The van der Waals surface area contributed by atoms with Crippen LogP contribution in [0.1, 0.15) is 23.2 Å². The van der Waals surface area contributed by atoms with Crippen molar-refractivity contribution >= 4 is 23.2 Å². The van der Waals surface area contributed by atoms with Crippen molar-refractivity contribution in [3.63, 3.8) is 0 Å². The Kier molecular flexibility index (Phi) is 5.56. The van der Waals surface area contributed by atoms with E-state index in [1.54, 1.807) is 24.3 Å². The average molecular weight is 385 g/mol. The first-order valence-electron chi connectivity index (χ1n) is 9.78. The fourth-order valence-corrected chi connectivity index (χ4v) is 3.12. The van der Waals surface area contributed by atoms with Crippen LogP contribution in [0.3, 0.4) is 0 Å². The minimum Gasteiger partial charge on any atom is -0.376 e. The first-order valence-corrected chi connectivity index (χ1v) is 9.78. The maximum absolute atomic E-state index is 12.4. The molecule has 0 spiro atoms. The van der Waals surface area contributed by atoms with Crippen molar-refractivity contribution in [2.75, 3.05) is 17.2 Å². The third-order valence-electron chi connectivity index (χ3n) is 4.77. The third kappa shape index (κ3) is 5.02. The molecule has 5 nitrogen and oxygen atoms in total. The minimum atomic E-state index is -0.174. The van der Waals surface area contributed by atoms with Gasteiger partial charge in [-0.25, -0.2) is 0 Å². The molecule has 0 aromatic heterocycles. The van der Waals surface area contributed by atoms with E-state index in [0.717, 1.165) is 29.7 Å². The molecular weight excluding hydrogens is 362 g/mol. The Balaban J connectivity index is 1.38. The van der Waals surface area contributed by atoms with Crippen LogP contribution in [-0.4, -0.2) is 24.4 Å². The van der Waals surface area contributed by atoms with Crippen molar-refractivity contribution < 1.29 is 9.59 Å². The molecule has 1 saturated carbocycles. The van der Waals surface area contributed by atoms with Crippen molar-refractivity contribution in [1.29, 1.82) is 0 Å². The summed E-state index contributed by atoms with van der Waals surface area (Å²) < 4.78 is 0. The lowest BCUT2D eigenvalue weighted by atomic mass is 10.0. The molecular formula is C24H23N3O2. The van der Waals surface area contributed by atoms with E-state index < -0.39 is 0 Å². The molecule has 3 N–H and O–H groups in total. The summed E-state index contributed by atoms with van der Waals surface area (Å²) in [6.45, 7) is 0.127. The molecule has 29 heavy (non-hydrogen) atoms. The van der Waals surface area contributed by atoms with Gasteiger partial charge in [0.1, 0.15) is 0 Å². The van der Waals surface area contributed by atoms with Crippen molar-refractivity contribution in [2.45, 2.75) is 18.9 Å². The number of hydrogen-bond acceptors (Lipinski definition) is 3. The topological polar surface area (TPSA) is 70.2 Å². The van der Waals surface area contributed by atoms with Gasteiger partial charge in [0.05, 0.1) is 6.54 Å². The van der Waals surface area contributed by atoms with E-state index in [0.29, 0.717) is 17.3 Å². The molecule has 0 saturated heterocycles. The molecule has 3 aromatic rings. The Labute approximate surface area is 170 Å². The number of nitrogens with one attached hydrogen (secondary N) is 3. The third-order valence-corrected chi connectivity index (χ3v) is 4.77. The maximum atomic E-state index is 12.4. The van der Waals surface area contributed by atoms with Gasteiger partial charge in [-0.15, -0.1) is 0 Å². The fourth-order valence-electron chi connectivity index (χ4n) is 3.12. The molecule has 146 valence electrons. The molecule has 4 rings (SSSR count). The zero-order chi connectivity index (χ0) is 20.1. The van der Waals surface area contributed by atoms with E-state index in [4.69, 9.17) is 0 Å². The first kappa shape index (κ1) is 18.7. The quantitative estimate of drug-likeness (QED) is 0.568. The number of benzene rings is 3. The second kappa shape index (κ2) is 8.61. The van der Waals surface area contributed by atoms with Gasteiger partial charge >= 0.3 is 0 Å². The van der Waals surface area contributed by atoms with Crippen molar-refractivity contribution in [3.8, 4) is 11.1 Å². The molecule has 0 atom stereocenters. The van der Waals surface area contributed by atoms with Gasteiger partial charge in [-0.3, -0.25) is 9.59 Å². The second-order valence-electron chi connectivity index (χ2n) is 7.14. The largest absolute Gasteiger partial charge is 0.376 e. The zero-order valence-corrected chi connectivity index (χ0v) is 16.0. The Bertz CT molecular complexity index is 1010.